The molecule has 1 aromatic rings. The van der Waals surface area contributed by atoms with Crippen molar-refractivity contribution >= 4 is 0 Å². The van der Waals surface area contributed by atoms with Crippen LogP contribution in [0.15, 0.2) is 0 Å². The van der Waals surface area contributed by atoms with Crippen molar-refractivity contribution in [2.24, 2.45) is 0 Å². The van der Waals surface area contributed by atoms with Gasteiger partial charge in [0.2, 0.25) is 11.6 Å². The quantitative estimate of drug-likeness (QED) is 0.171. The topological polar surface area (TPSA) is 9.23 Å². The summed E-state index contributed by atoms with van der Waals surface area (Å²) in [7, 11) is 0. The average molecular weight is 752 g/mol. The molecule has 0 radical (unpaired) electrons. The van der Waals surface area contributed by atoms with Gasteiger partial charge < -0.3 is 0 Å². The molecule has 29 heteroatoms. The van der Waals surface area contributed by atoms with Crippen molar-refractivity contribution in [3.8, 4) is 5.75 Å². The van der Waals surface area contributed by atoms with Crippen LogP contribution >= 0.6 is 0 Å². The van der Waals surface area contributed by atoms with E-state index < -0.39 is 100.0 Å². The third-order valence-corrected chi connectivity index (χ3v) is 5.47. The van der Waals surface area contributed by atoms with Gasteiger partial charge in [0, 0.05) is 4.53 Å². The molecule has 0 aromatic heterocycles. The van der Waals surface area contributed by atoms with E-state index in [2.05, 4.69) is 0 Å². The van der Waals surface area contributed by atoms with Gasteiger partial charge in [0.05, 0.1) is 5.56 Å². The van der Waals surface area contributed by atoms with Crippen LogP contribution in [0.2, 0.25) is 0 Å². The second-order valence-corrected chi connectivity index (χ2v) is 8.26. The summed E-state index contributed by atoms with van der Waals surface area (Å²) in [5, 5.41) is 0. The molecule has 0 aliphatic carbocycles. The Morgan fingerprint density at radius 3 is 0.870 bits per heavy atom. The van der Waals surface area contributed by atoms with Gasteiger partial charge >= 0.3 is 65.7 Å². The first kappa shape index (κ1) is 41.1. The molecule has 0 heterocycles. The Kier molecular flexibility index (Phi) is 9.40. The number of hydrogen-bond acceptors (Lipinski definition) is 1. The highest BCUT2D eigenvalue weighted by molar-refractivity contribution is 5.49. The lowest BCUT2D eigenvalue weighted by Gasteiger charge is -2.44. The van der Waals surface area contributed by atoms with E-state index in [1.165, 1.54) is 0 Å². The molecule has 0 spiro atoms. The molecular formula is C17F28O. The molecule has 0 aliphatic rings. The summed E-state index contributed by atoms with van der Waals surface area (Å²) in [5.41, 5.74) is -9.54. The zero-order valence-corrected chi connectivity index (χ0v) is 19.5. The van der Waals surface area contributed by atoms with Crippen LogP contribution in [0.25, 0.3) is 0 Å². The zero-order chi connectivity index (χ0) is 37.7. The number of halogens is 28. The average Bonchev–Trinajstić information content (AvgIpc) is 2.84. The Balaban J connectivity index is 4.20. The van der Waals surface area contributed by atoms with Gasteiger partial charge in [-0.2, -0.15) is 110 Å². The number of hydrogen-bond donors (Lipinski definition) is 0. The zero-order valence-electron chi connectivity index (χ0n) is 19.5. The summed E-state index contributed by atoms with van der Waals surface area (Å²) in [6.45, 7) is 0. The van der Waals surface area contributed by atoms with Crippen molar-refractivity contribution in [2.75, 3.05) is 0 Å². The normalized spacial score (nSPS) is 15.8. The van der Waals surface area contributed by atoms with Crippen LogP contribution < -0.4 is 4.94 Å². The molecule has 0 saturated carbocycles. The fraction of sp³-hybridized carbons (Fsp3) is 0.647. The Labute approximate surface area is 229 Å². The van der Waals surface area contributed by atoms with Crippen LogP contribution in [-0.2, 0) is 12.1 Å². The van der Waals surface area contributed by atoms with Crippen molar-refractivity contribution in [1.29, 1.82) is 0 Å². The van der Waals surface area contributed by atoms with Gasteiger partial charge in [0.15, 0.2) is 11.6 Å². The van der Waals surface area contributed by atoms with Gasteiger partial charge in [-0.1, -0.05) is 0 Å². The molecule has 46 heavy (non-hydrogen) atoms. The second kappa shape index (κ2) is 10.5. The largest absolute Gasteiger partial charge is 0.460 e. The lowest BCUT2D eigenvalue weighted by molar-refractivity contribution is -0.475. The van der Waals surface area contributed by atoms with Crippen LogP contribution in [0.5, 0.6) is 5.75 Å². The van der Waals surface area contributed by atoms with Gasteiger partial charge in [-0.15, -0.1) is 0 Å². The van der Waals surface area contributed by atoms with Crippen LogP contribution in [0.4, 0.5) is 123 Å². The Morgan fingerprint density at radius 1 is 0.326 bits per heavy atom. The predicted octanol–water partition coefficient (Wildman–Crippen LogP) is 10.1. The van der Waals surface area contributed by atoms with Crippen LogP contribution in [0.3, 0.4) is 0 Å². The van der Waals surface area contributed by atoms with Crippen LogP contribution in [0.1, 0.15) is 11.1 Å². The third-order valence-electron chi connectivity index (χ3n) is 5.47. The molecule has 0 atom stereocenters. The van der Waals surface area contributed by atoms with E-state index in [1.807, 2.05) is 0 Å². The highest BCUT2D eigenvalue weighted by atomic mass is 19.4. The maximum absolute atomic E-state index is 14.4. The lowest BCUT2D eigenvalue weighted by atomic mass is 9.84. The minimum absolute atomic E-state index is 1.75. The smallest absolute Gasteiger partial charge is 0.291 e. The molecule has 0 amide bonds. The van der Waals surface area contributed by atoms with E-state index in [-0.39, 0.29) is 0 Å². The molecule has 1 aromatic carbocycles. The highest BCUT2D eigenvalue weighted by Crippen LogP contribution is 2.67. The SMILES string of the molecule is FOc1c(F)c(F)c(F)c(C(F)(F)F)c1C(F)(F)C(F)(F)C(F)(F)C(F)(F)C(F)(F)C(F)(F)C(F)(F)C(F)(F)C(F)(F)C(F)(F)F. The van der Waals surface area contributed by atoms with Crippen molar-refractivity contribution < 1.29 is 128 Å². The Hall–Kier alpha value is -2.94. The minimum Gasteiger partial charge on any atom is -0.291 e. The first-order valence-electron chi connectivity index (χ1n) is 9.71. The monoisotopic (exact) mass is 752 g/mol. The van der Waals surface area contributed by atoms with E-state index in [0.717, 1.165) is 0 Å². The summed E-state index contributed by atoms with van der Waals surface area (Å²) < 4.78 is 375. The lowest BCUT2D eigenvalue weighted by Crippen LogP contribution is -2.76. The maximum Gasteiger partial charge on any atom is 0.460 e. The van der Waals surface area contributed by atoms with Crippen molar-refractivity contribution in [3.63, 3.8) is 0 Å². The van der Waals surface area contributed by atoms with Crippen LogP contribution in [0, 0.1) is 17.5 Å². The minimum atomic E-state index is -9.71. The number of alkyl halides is 24. The van der Waals surface area contributed by atoms with Crippen LogP contribution in [-0.4, -0.2) is 53.6 Å². The molecule has 0 bridgehead atoms. The second-order valence-electron chi connectivity index (χ2n) is 8.26. The molecule has 0 aliphatic heterocycles. The molecule has 0 fully saturated rings. The predicted molar refractivity (Wildman–Crippen MR) is 82.6 cm³/mol. The van der Waals surface area contributed by atoms with E-state index in [1.54, 1.807) is 4.94 Å². The molecule has 0 N–H and O–H groups in total. The summed E-state index contributed by atoms with van der Waals surface area (Å²) in [5.74, 6) is -100. The number of benzene rings is 1. The van der Waals surface area contributed by atoms with Crippen molar-refractivity contribution in [2.45, 2.75) is 65.7 Å². The first-order chi connectivity index (χ1) is 19.7. The standard InChI is InChI=1S/C17F28O/c18-3-1(8(23,24)25)2(6(46-45)5(20)4(3)19)7(21,22)9(26,27)10(28,29)11(30,31)12(32,33)13(34,35)14(36,37)15(38,39)16(40,41)17(42,43)44. The fourth-order valence-corrected chi connectivity index (χ4v) is 2.99. The summed E-state index contributed by atoms with van der Waals surface area (Å²) >= 11 is 0. The van der Waals surface area contributed by atoms with Gasteiger partial charge in [0.1, 0.15) is 5.56 Å². The van der Waals surface area contributed by atoms with E-state index in [9.17, 15) is 123 Å². The van der Waals surface area contributed by atoms with Crippen molar-refractivity contribution in [1.82, 2.24) is 0 Å². The van der Waals surface area contributed by atoms with Gasteiger partial charge in [-0.3, -0.25) is 4.94 Å². The van der Waals surface area contributed by atoms with Gasteiger partial charge in [-0.05, 0) is 0 Å². The Bertz CT molecular complexity index is 1310. The van der Waals surface area contributed by atoms with Gasteiger partial charge in [-0.25, -0.2) is 8.78 Å². The fourth-order valence-electron chi connectivity index (χ4n) is 2.99. The third kappa shape index (κ3) is 4.89. The van der Waals surface area contributed by atoms with E-state index in [4.69, 9.17) is 0 Å². The molecule has 270 valence electrons. The molecular weight excluding hydrogens is 752 g/mol. The summed E-state index contributed by atoms with van der Waals surface area (Å²) in [4.78, 5) is 1.75. The molecule has 1 rings (SSSR count). The molecule has 0 saturated heterocycles. The maximum atomic E-state index is 14.4. The Morgan fingerprint density at radius 2 is 0.609 bits per heavy atom. The van der Waals surface area contributed by atoms with E-state index in [0.29, 0.717) is 0 Å². The first-order valence-corrected chi connectivity index (χ1v) is 9.71. The van der Waals surface area contributed by atoms with Crippen molar-refractivity contribution in [3.05, 3.63) is 28.6 Å². The number of rotatable bonds is 10. The highest BCUT2D eigenvalue weighted by Gasteiger charge is 2.98. The van der Waals surface area contributed by atoms with Gasteiger partial charge in [0.25, 0.3) is 0 Å². The molecule has 0 unspecified atom stereocenters. The summed E-state index contributed by atoms with van der Waals surface area (Å²) in [6, 6.07) is 0. The summed E-state index contributed by atoms with van der Waals surface area (Å²) in [6.07, 6.45) is -15.6. The molecule has 1 nitrogen and oxygen atoms in total. The van der Waals surface area contributed by atoms with E-state index >= 15 is 0 Å².